The summed E-state index contributed by atoms with van der Waals surface area (Å²) in [4.78, 5) is 11.5. The van der Waals surface area contributed by atoms with Gasteiger partial charge in [-0.1, -0.05) is 40.9 Å². The molecule has 0 aromatic heterocycles. The highest BCUT2D eigenvalue weighted by Gasteiger charge is 2.33. The summed E-state index contributed by atoms with van der Waals surface area (Å²) in [5.74, 6) is 0.0650. The SMILES string of the molecule is O=C(N[C@@H]1COc2cc(O)ccc2C1)C(Cl)(Cl)Cl. The molecular formula is C11H10Cl3NO3. The van der Waals surface area contributed by atoms with Crippen LogP contribution >= 0.6 is 34.8 Å². The van der Waals surface area contributed by atoms with Gasteiger partial charge in [-0.3, -0.25) is 4.79 Å². The van der Waals surface area contributed by atoms with Gasteiger partial charge in [0.1, 0.15) is 18.1 Å². The molecule has 1 aliphatic rings. The zero-order chi connectivity index (χ0) is 13.3. The molecule has 1 atom stereocenters. The van der Waals surface area contributed by atoms with Crippen LogP contribution in [0, 0.1) is 0 Å². The number of carbonyl (C=O) groups is 1. The number of hydrogen-bond acceptors (Lipinski definition) is 3. The van der Waals surface area contributed by atoms with Crippen LogP contribution < -0.4 is 10.1 Å². The Bertz CT molecular complexity index is 473. The third-order valence-corrected chi connectivity index (χ3v) is 3.06. The molecule has 0 saturated heterocycles. The maximum atomic E-state index is 11.5. The third kappa shape index (κ3) is 3.13. The molecule has 7 heteroatoms. The third-order valence-electron chi connectivity index (χ3n) is 2.55. The van der Waals surface area contributed by atoms with Gasteiger partial charge >= 0.3 is 0 Å². The molecule has 0 fully saturated rings. The Balaban J connectivity index is 2.04. The summed E-state index contributed by atoms with van der Waals surface area (Å²) in [7, 11) is 0. The number of aromatic hydroxyl groups is 1. The Kier molecular flexibility index (Phi) is 3.80. The Morgan fingerprint density at radius 1 is 1.44 bits per heavy atom. The van der Waals surface area contributed by atoms with Crippen molar-refractivity contribution in [3.8, 4) is 11.5 Å². The van der Waals surface area contributed by atoms with Gasteiger partial charge in [-0.05, 0) is 18.1 Å². The second-order valence-corrected chi connectivity index (χ2v) is 6.26. The maximum absolute atomic E-state index is 11.5. The standard InChI is InChI=1S/C11H10Cl3NO3/c12-11(13,14)10(17)15-7-3-6-1-2-8(16)4-9(6)18-5-7/h1-2,4,7,16H,3,5H2,(H,15,17)/t7-/m0/s1. The van der Waals surface area contributed by atoms with E-state index >= 15 is 0 Å². The van der Waals surface area contributed by atoms with Crippen molar-refractivity contribution in [2.45, 2.75) is 16.3 Å². The zero-order valence-corrected chi connectivity index (χ0v) is 11.4. The Morgan fingerprint density at radius 2 is 2.17 bits per heavy atom. The molecule has 1 aromatic rings. The zero-order valence-electron chi connectivity index (χ0n) is 9.12. The van der Waals surface area contributed by atoms with Crippen molar-refractivity contribution in [3.05, 3.63) is 23.8 Å². The molecule has 0 bridgehead atoms. The predicted octanol–water partition coefficient (Wildman–Crippen LogP) is 2.18. The van der Waals surface area contributed by atoms with Crippen molar-refractivity contribution in [3.63, 3.8) is 0 Å². The number of rotatable bonds is 1. The Morgan fingerprint density at radius 3 is 2.83 bits per heavy atom. The van der Waals surface area contributed by atoms with Crippen LogP contribution in [0.15, 0.2) is 18.2 Å². The Labute approximate surface area is 119 Å². The van der Waals surface area contributed by atoms with Gasteiger partial charge in [0, 0.05) is 6.07 Å². The fourth-order valence-electron chi connectivity index (χ4n) is 1.72. The minimum atomic E-state index is -1.98. The summed E-state index contributed by atoms with van der Waals surface area (Å²) in [5, 5.41) is 11.9. The summed E-state index contributed by atoms with van der Waals surface area (Å²) in [6, 6.07) is 4.56. The summed E-state index contributed by atoms with van der Waals surface area (Å²) in [6.07, 6.45) is 0.558. The van der Waals surface area contributed by atoms with Gasteiger partial charge in [0.05, 0.1) is 6.04 Å². The molecule has 0 aliphatic carbocycles. The van der Waals surface area contributed by atoms with Crippen LogP contribution in [0.5, 0.6) is 11.5 Å². The average molecular weight is 311 g/mol. The monoisotopic (exact) mass is 309 g/mol. The van der Waals surface area contributed by atoms with Crippen LogP contribution in [-0.2, 0) is 11.2 Å². The van der Waals surface area contributed by atoms with Crippen LogP contribution in [0.1, 0.15) is 5.56 Å². The second-order valence-electron chi connectivity index (χ2n) is 3.98. The van der Waals surface area contributed by atoms with E-state index < -0.39 is 9.70 Å². The highest BCUT2D eigenvalue weighted by Crippen LogP contribution is 2.30. The van der Waals surface area contributed by atoms with Gasteiger partial charge in [-0.2, -0.15) is 0 Å². The normalized spacial score (nSPS) is 18.7. The predicted molar refractivity (Wildman–Crippen MR) is 69.5 cm³/mol. The summed E-state index contributed by atoms with van der Waals surface area (Å²) in [5.41, 5.74) is 0.883. The topological polar surface area (TPSA) is 58.6 Å². The number of halogens is 3. The van der Waals surface area contributed by atoms with Crippen molar-refractivity contribution in [2.75, 3.05) is 6.61 Å². The highest BCUT2D eigenvalue weighted by atomic mass is 35.6. The lowest BCUT2D eigenvalue weighted by molar-refractivity contribution is -0.121. The molecular weight excluding hydrogens is 300 g/mol. The molecule has 1 amide bonds. The summed E-state index contributed by atoms with van der Waals surface area (Å²) >= 11 is 16.4. The largest absolute Gasteiger partial charge is 0.508 e. The molecule has 18 heavy (non-hydrogen) atoms. The van der Waals surface area contributed by atoms with Gasteiger partial charge in [-0.25, -0.2) is 0 Å². The van der Waals surface area contributed by atoms with Crippen LogP contribution in [0.2, 0.25) is 0 Å². The Hall–Kier alpha value is -0.840. The van der Waals surface area contributed by atoms with Crippen molar-refractivity contribution in [2.24, 2.45) is 0 Å². The van der Waals surface area contributed by atoms with E-state index in [0.29, 0.717) is 12.2 Å². The lowest BCUT2D eigenvalue weighted by Gasteiger charge is -2.27. The first-order chi connectivity index (χ1) is 8.36. The first-order valence-electron chi connectivity index (χ1n) is 5.18. The average Bonchev–Trinajstić information content (AvgIpc) is 2.28. The van der Waals surface area contributed by atoms with E-state index in [2.05, 4.69) is 5.32 Å². The molecule has 4 nitrogen and oxygen atoms in total. The summed E-state index contributed by atoms with van der Waals surface area (Å²) < 4.78 is 3.45. The molecule has 2 rings (SSSR count). The van der Waals surface area contributed by atoms with E-state index in [1.165, 1.54) is 6.07 Å². The number of alkyl halides is 3. The van der Waals surface area contributed by atoms with E-state index in [-0.39, 0.29) is 18.4 Å². The van der Waals surface area contributed by atoms with Crippen molar-refractivity contribution >= 4 is 40.7 Å². The number of ether oxygens (including phenoxy) is 1. The molecule has 1 heterocycles. The number of phenolic OH excluding ortho intramolecular Hbond substituents is 1. The van der Waals surface area contributed by atoms with Crippen LogP contribution in [-0.4, -0.2) is 27.5 Å². The van der Waals surface area contributed by atoms with E-state index in [1.54, 1.807) is 12.1 Å². The number of benzene rings is 1. The first-order valence-corrected chi connectivity index (χ1v) is 6.32. The van der Waals surface area contributed by atoms with Gasteiger partial charge in [0.15, 0.2) is 0 Å². The molecule has 2 N–H and O–H groups in total. The van der Waals surface area contributed by atoms with E-state index in [1.807, 2.05) is 0 Å². The van der Waals surface area contributed by atoms with Crippen LogP contribution in [0.25, 0.3) is 0 Å². The van der Waals surface area contributed by atoms with E-state index in [0.717, 1.165) is 5.56 Å². The number of amides is 1. The number of nitrogens with one attached hydrogen (secondary N) is 1. The number of fused-ring (bicyclic) bond motifs is 1. The van der Waals surface area contributed by atoms with Gasteiger partial charge in [0.2, 0.25) is 0 Å². The first kappa shape index (κ1) is 13.6. The van der Waals surface area contributed by atoms with Crippen LogP contribution in [0.3, 0.4) is 0 Å². The highest BCUT2D eigenvalue weighted by molar-refractivity contribution is 6.76. The molecule has 98 valence electrons. The maximum Gasteiger partial charge on any atom is 0.272 e. The van der Waals surface area contributed by atoms with Gasteiger partial charge < -0.3 is 15.2 Å². The van der Waals surface area contributed by atoms with E-state index in [4.69, 9.17) is 39.5 Å². The molecule has 1 aromatic carbocycles. The lowest BCUT2D eigenvalue weighted by Crippen LogP contribution is -2.47. The molecule has 0 spiro atoms. The van der Waals surface area contributed by atoms with Crippen molar-refractivity contribution in [1.82, 2.24) is 5.32 Å². The van der Waals surface area contributed by atoms with Crippen molar-refractivity contribution in [1.29, 1.82) is 0 Å². The number of hydrogen-bond donors (Lipinski definition) is 2. The number of phenols is 1. The quantitative estimate of drug-likeness (QED) is 0.782. The molecule has 0 saturated carbocycles. The fourth-order valence-corrected chi connectivity index (χ4v) is 1.88. The van der Waals surface area contributed by atoms with Gasteiger partial charge in [0.25, 0.3) is 9.70 Å². The van der Waals surface area contributed by atoms with Crippen molar-refractivity contribution < 1.29 is 14.6 Å². The fraction of sp³-hybridized carbons (Fsp3) is 0.364. The van der Waals surface area contributed by atoms with Gasteiger partial charge in [-0.15, -0.1) is 0 Å². The van der Waals surface area contributed by atoms with Crippen LogP contribution in [0.4, 0.5) is 0 Å². The summed E-state index contributed by atoms with van der Waals surface area (Å²) in [6.45, 7) is 0.267. The minimum Gasteiger partial charge on any atom is -0.508 e. The smallest absolute Gasteiger partial charge is 0.272 e. The second kappa shape index (κ2) is 5.03. The van der Waals surface area contributed by atoms with E-state index in [9.17, 15) is 9.90 Å². The molecule has 0 radical (unpaired) electrons. The molecule has 0 unspecified atom stereocenters. The molecule has 1 aliphatic heterocycles. The minimum absolute atomic E-state index is 0.137. The number of carbonyl (C=O) groups excluding carboxylic acids is 1. The lowest BCUT2D eigenvalue weighted by atomic mass is 10.0.